The highest BCUT2D eigenvalue weighted by atomic mass is 19.1. The Balaban J connectivity index is 2.60. The first-order chi connectivity index (χ1) is 8.56. The minimum atomic E-state index is -1.02. The smallest absolute Gasteiger partial charge is 0.334 e. The lowest BCUT2D eigenvalue weighted by molar-refractivity contribution is 0.582. The van der Waals surface area contributed by atoms with Crippen LogP contribution in [0.15, 0.2) is 22.4 Å². The van der Waals surface area contributed by atoms with Gasteiger partial charge in [0.05, 0.1) is 6.20 Å². The van der Waals surface area contributed by atoms with Crippen molar-refractivity contribution >= 4 is 5.82 Å². The summed E-state index contributed by atoms with van der Waals surface area (Å²) in [7, 11) is 0. The number of nitrogens with zero attached hydrogens (tertiary/aromatic N) is 1. The quantitative estimate of drug-likeness (QED) is 0.721. The van der Waals surface area contributed by atoms with Gasteiger partial charge in [-0.25, -0.2) is 4.79 Å². The monoisotopic (exact) mass is 255 g/mol. The highest BCUT2D eigenvalue weighted by Crippen LogP contribution is 1.99. The number of aromatic amines is 1. The molecular formula is C12H18FN3O2. The third kappa shape index (κ3) is 3.87. The van der Waals surface area contributed by atoms with Crippen molar-refractivity contribution in [3.05, 3.63) is 39.4 Å². The lowest BCUT2D eigenvalue weighted by atomic mass is 10.2. The molecule has 1 aromatic rings. The first kappa shape index (κ1) is 14.2. The Morgan fingerprint density at radius 1 is 1.44 bits per heavy atom. The number of unbranched alkanes of at least 4 members (excludes halogenated alkanes) is 3. The van der Waals surface area contributed by atoms with Gasteiger partial charge in [0.1, 0.15) is 5.82 Å². The van der Waals surface area contributed by atoms with E-state index >= 15 is 0 Å². The van der Waals surface area contributed by atoms with Crippen LogP contribution in [0.1, 0.15) is 32.6 Å². The minimum Gasteiger partial charge on any atom is -0.372 e. The standard InChI is InChI=1S/C12H18FN3O2/c1-3-4-5-6-7-14-9(2)16-8-10(13)11(17)15-12(16)18/h8,14H,2-7H2,1H3,(H,15,17,18). The summed E-state index contributed by atoms with van der Waals surface area (Å²) in [6.07, 6.45) is 5.18. The molecular weight excluding hydrogens is 237 g/mol. The van der Waals surface area contributed by atoms with Crippen LogP contribution in [0.2, 0.25) is 0 Å². The van der Waals surface area contributed by atoms with Gasteiger partial charge in [-0.1, -0.05) is 32.8 Å². The second-order valence-electron chi connectivity index (χ2n) is 4.04. The van der Waals surface area contributed by atoms with E-state index in [1.165, 1.54) is 0 Å². The zero-order chi connectivity index (χ0) is 13.5. The lowest BCUT2D eigenvalue weighted by Gasteiger charge is -2.11. The molecule has 1 aromatic heterocycles. The number of hydrogen-bond acceptors (Lipinski definition) is 3. The molecule has 5 nitrogen and oxygen atoms in total. The van der Waals surface area contributed by atoms with Crippen LogP contribution in [0.4, 0.5) is 4.39 Å². The van der Waals surface area contributed by atoms with Crippen molar-refractivity contribution in [2.45, 2.75) is 32.6 Å². The normalized spacial score (nSPS) is 10.3. The zero-order valence-corrected chi connectivity index (χ0v) is 10.5. The summed E-state index contributed by atoms with van der Waals surface area (Å²) in [6.45, 7) is 6.42. The number of nitrogens with one attached hydrogen (secondary N) is 2. The molecule has 2 N–H and O–H groups in total. The molecule has 6 heteroatoms. The molecule has 1 rings (SSSR count). The SMILES string of the molecule is C=C(NCCCCCC)n1cc(F)c(=O)[nH]c1=O. The summed E-state index contributed by atoms with van der Waals surface area (Å²) in [5.74, 6) is -0.754. The van der Waals surface area contributed by atoms with Gasteiger partial charge >= 0.3 is 5.69 Å². The van der Waals surface area contributed by atoms with Crippen molar-refractivity contribution in [1.29, 1.82) is 0 Å². The third-order valence-electron chi connectivity index (χ3n) is 2.55. The molecule has 0 radical (unpaired) electrons. The van der Waals surface area contributed by atoms with Crippen LogP contribution in [0.25, 0.3) is 5.82 Å². The second-order valence-corrected chi connectivity index (χ2v) is 4.04. The Bertz CT molecular complexity index is 519. The summed E-state index contributed by atoms with van der Waals surface area (Å²) in [5, 5.41) is 2.93. The molecule has 100 valence electrons. The Kier molecular flexibility index (Phi) is 5.35. The zero-order valence-electron chi connectivity index (χ0n) is 10.5. The molecule has 0 fully saturated rings. The van der Waals surface area contributed by atoms with E-state index in [1.807, 2.05) is 4.98 Å². The van der Waals surface area contributed by atoms with E-state index < -0.39 is 17.1 Å². The van der Waals surface area contributed by atoms with Crippen molar-refractivity contribution in [2.24, 2.45) is 0 Å². The first-order valence-electron chi connectivity index (χ1n) is 6.01. The number of aromatic nitrogens is 2. The Morgan fingerprint density at radius 2 is 2.17 bits per heavy atom. The van der Waals surface area contributed by atoms with Crippen molar-refractivity contribution in [2.75, 3.05) is 6.54 Å². The van der Waals surface area contributed by atoms with Gasteiger partial charge in [-0.2, -0.15) is 4.39 Å². The van der Waals surface area contributed by atoms with Gasteiger partial charge in [0.25, 0.3) is 5.56 Å². The van der Waals surface area contributed by atoms with Gasteiger partial charge in [-0.3, -0.25) is 14.3 Å². The van der Waals surface area contributed by atoms with Crippen LogP contribution in [0.3, 0.4) is 0 Å². The molecule has 0 aliphatic rings. The van der Waals surface area contributed by atoms with E-state index in [0.29, 0.717) is 6.54 Å². The topological polar surface area (TPSA) is 66.9 Å². The van der Waals surface area contributed by atoms with Crippen molar-refractivity contribution in [1.82, 2.24) is 14.9 Å². The number of rotatable bonds is 7. The third-order valence-corrected chi connectivity index (χ3v) is 2.55. The fourth-order valence-corrected chi connectivity index (χ4v) is 1.52. The van der Waals surface area contributed by atoms with Crippen LogP contribution in [0.5, 0.6) is 0 Å². The maximum Gasteiger partial charge on any atom is 0.334 e. The summed E-state index contributed by atoms with van der Waals surface area (Å²) in [5.41, 5.74) is -1.72. The molecule has 18 heavy (non-hydrogen) atoms. The Morgan fingerprint density at radius 3 is 2.83 bits per heavy atom. The fraction of sp³-hybridized carbons (Fsp3) is 0.500. The van der Waals surface area contributed by atoms with Gasteiger partial charge in [-0.15, -0.1) is 0 Å². The predicted octanol–water partition coefficient (Wildman–Crippen LogP) is 1.27. The van der Waals surface area contributed by atoms with Gasteiger partial charge < -0.3 is 5.32 Å². The first-order valence-corrected chi connectivity index (χ1v) is 6.01. The van der Waals surface area contributed by atoms with E-state index in [-0.39, 0.29) is 5.82 Å². The Labute approximate surface area is 104 Å². The molecule has 0 aliphatic carbocycles. The van der Waals surface area contributed by atoms with E-state index in [9.17, 15) is 14.0 Å². The lowest BCUT2D eigenvalue weighted by Crippen LogP contribution is -2.34. The van der Waals surface area contributed by atoms with Gasteiger partial charge in [0, 0.05) is 6.54 Å². The molecule has 0 aliphatic heterocycles. The highest BCUT2D eigenvalue weighted by molar-refractivity contribution is 5.37. The Hall–Kier alpha value is -1.85. The van der Waals surface area contributed by atoms with Crippen LogP contribution in [0, 0.1) is 5.82 Å². The van der Waals surface area contributed by atoms with Gasteiger partial charge in [0.2, 0.25) is 5.82 Å². The number of H-pyrrole nitrogens is 1. The van der Waals surface area contributed by atoms with Gasteiger partial charge in [-0.05, 0) is 6.42 Å². The molecule has 0 saturated heterocycles. The van der Waals surface area contributed by atoms with Crippen molar-refractivity contribution in [3.63, 3.8) is 0 Å². The van der Waals surface area contributed by atoms with Gasteiger partial charge in [0.15, 0.2) is 0 Å². The summed E-state index contributed by atoms with van der Waals surface area (Å²) >= 11 is 0. The number of hydrogen-bond donors (Lipinski definition) is 2. The van der Waals surface area contributed by atoms with Crippen LogP contribution >= 0.6 is 0 Å². The van der Waals surface area contributed by atoms with Crippen LogP contribution < -0.4 is 16.6 Å². The van der Waals surface area contributed by atoms with E-state index in [4.69, 9.17) is 0 Å². The molecule has 0 aromatic carbocycles. The van der Waals surface area contributed by atoms with E-state index in [1.54, 1.807) is 0 Å². The molecule has 0 bridgehead atoms. The average molecular weight is 255 g/mol. The summed E-state index contributed by atoms with van der Waals surface area (Å²) < 4.78 is 14.0. The summed E-state index contributed by atoms with van der Waals surface area (Å²) in [4.78, 5) is 24.1. The molecule has 0 unspecified atom stereocenters. The second kappa shape index (κ2) is 6.78. The molecule has 0 amide bonds. The predicted molar refractivity (Wildman–Crippen MR) is 68.8 cm³/mol. The minimum absolute atomic E-state index is 0.256. The van der Waals surface area contributed by atoms with E-state index in [0.717, 1.165) is 36.4 Å². The highest BCUT2D eigenvalue weighted by Gasteiger charge is 2.05. The molecule has 1 heterocycles. The maximum absolute atomic E-state index is 13.0. The fourth-order valence-electron chi connectivity index (χ4n) is 1.52. The van der Waals surface area contributed by atoms with Crippen LogP contribution in [-0.2, 0) is 0 Å². The van der Waals surface area contributed by atoms with Crippen LogP contribution in [-0.4, -0.2) is 16.1 Å². The van der Waals surface area contributed by atoms with Crippen molar-refractivity contribution in [3.8, 4) is 0 Å². The molecule has 0 spiro atoms. The average Bonchev–Trinajstić information content (AvgIpc) is 2.33. The molecule has 0 atom stereocenters. The van der Waals surface area contributed by atoms with Crippen molar-refractivity contribution < 1.29 is 4.39 Å². The number of halogens is 1. The largest absolute Gasteiger partial charge is 0.372 e. The summed E-state index contributed by atoms with van der Waals surface area (Å²) in [6, 6.07) is 0. The maximum atomic E-state index is 13.0. The van der Waals surface area contributed by atoms with E-state index in [2.05, 4.69) is 18.8 Å². The molecule has 0 saturated carbocycles.